The molecule has 1 unspecified atom stereocenters. The number of ether oxygens (including phenoxy) is 1. The number of carbonyl (C=O) groups excluding carboxylic acids is 1. The number of amides is 1. The van der Waals surface area contributed by atoms with E-state index < -0.39 is 11.5 Å². The summed E-state index contributed by atoms with van der Waals surface area (Å²) in [5, 5.41) is 11.3. The Bertz CT molecular complexity index is 260. The van der Waals surface area contributed by atoms with Gasteiger partial charge in [0.1, 0.15) is 12.1 Å². The van der Waals surface area contributed by atoms with Crippen molar-refractivity contribution < 1.29 is 19.4 Å². The molecule has 1 fully saturated rings. The molecule has 2 N–H and O–H groups in total. The van der Waals surface area contributed by atoms with Gasteiger partial charge in [-0.3, -0.25) is 4.79 Å². The lowest BCUT2D eigenvalue weighted by molar-refractivity contribution is -0.144. The van der Waals surface area contributed by atoms with Gasteiger partial charge in [0, 0.05) is 0 Å². The van der Waals surface area contributed by atoms with Crippen molar-refractivity contribution in [3.05, 3.63) is 0 Å². The maximum absolute atomic E-state index is 11.3. The molecule has 1 saturated carbocycles. The summed E-state index contributed by atoms with van der Waals surface area (Å²) in [6, 6.07) is 0. The second kappa shape index (κ2) is 4.61. The summed E-state index contributed by atoms with van der Waals surface area (Å²) in [4.78, 5) is 22.1. The van der Waals surface area contributed by atoms with Gasteiger partial charge in [-0.1, -0.05) is 6.92 Å². The molecular weight excluding hydrogens is 198 g/mol. The third-order valence-electron chi connectivity index (χ3n) is 2.61. The van der Waals surface area contributed by atoms with Gasteiger partial charge >= 0.3 is 5.97 Å². The zero-order chi connectivity index (χ0) is 11.5. The summed E-state index contributed by atoms with van der Waals surface area (Å²) in [6.45, 7) is 3.77. The lowest BCUT2D eigenvalue weighted by atomic mass is 10.3. The van der Waals surface area contributed by atoms with Crippen LogP contribution in [0.25, 0.3) is 0 Å². The maximum Gasteiger partial charge on any atom is 0.329 e. The molecule has 1 aliphatic rings. The minimum absolute atomic E-state index is 0.0238. The van der Waals surface area contributed by atoms with E-state index >= 15 is 0 Å². The molecule has 0 aromatic carbocycles. The van der Waals surface area contributed by atoms with Crippen LogP contribution in [0.3, 0.4) is 0 Å². The van der Waals surface area contributed by atoms with Gasteiger partial charge in [0.25, 0.3) is 0 Å². The quantitative estimate of drug-likeness (QED) is 0.678. The fourth-order valence-corrected chi connectivity index (χ4v) is 1.16. The number of carbonyl (C=O) groups is 2. The fraction of sp³-hybridized carbons (Fsp3) is 0.800. The third-order valence-corrected chi connectivity index (χ3v) is 2.61. The Morgan fingerprint density at radius 2 is 2.13 bits per heavy atom. The standard InChI is InChI=1S/C10H17NO4/c1-3-7(2)15-6-8(12)11-10(4-5-10)9(13)14/h7H,3-6H2,1-2H3,(H,11,12)(H,13,14). The van der Waals surface area contributed by atoms with E-state index in [4.69, 9.17) is 9.84 Å². The van der Waals surface area contributed by atoms with Crippen LogP contribution in [0.4, 0.5) is 0 Å². The lowest BCUT2D eigenvalue weighted by Gasteiger charge is -2.14. The minimum Gasteiger partial charge on any atom is -0.480 e. The Labute approximate surface area is 88.8 Å². The second-order valence-electron chi connectivity index (χ2n) is 3.97. The van der Waals surface area contributed by atoms with Crippen molar-refractivity contribution in [2.45, 2.75) is 44.8 Å². The number of rotatable bonds is 6. The molecule has 86 valence electrons. The van der Waals surface area contributed by atoms with Crippen molar-refractivity contribution in [1.29, 1.82) is 0 Å². The first-order chi connectivity index (χ1) is 7.00. The summed E-state index contributed by atoms with van der Waals surface area (Å²) >= 11 is 0. The van der Waals surface area contributed by atoms with Crippen molar-refractivity contribution in [3.63, 3.8) is 0 Å². The topological polar surface area (TPSA) is 75.6 Å². The molecule has 15 heavy (non-hydrogen) atoms. The number of carboxylic acid groups (broad SMARTS) is 1. The molecule has 0 saturated heterocycles. The van der Waals surface area contributed by atoms with Gasteiger partial charge in [0.05, 0.1) is 6.10 Å². The zero-order valence-corrected chi connectivity index (χ0v) is 9.08. The summed E-state index contributed by atoms with van der Waals surface area (Å²) < 4.78 is 5.20. The minimum atomic E-state index is -1.00. The molecule has 0 aromatic heterocycles. The Morgan fingerprint density at radius 3 is 2.53 bits per heavy atom. The summed E-state index contributed by atoms with van der Waals surface area (Å²) in [5.74, 6) is -1.31. The average molecular weight is 215 g/mol. The van der Waals surface area contributed by atoms with E-state index in [1.165, 1.54) is 0 Å². The zero-order valence-electron chi connectivity index (χ0n) is 9.08. The molecule has 5 heteroatoms. The molecule has 0 aromatic rings. The first kappa shape index (κ1) is 12.0. The summed E-state index contributed by atoms with van der Waals surface area (Å²) in [5.41, 5.74) is -1.00. The molecule has 0 radical (unpaired) electrons. The van der Waals surface area contributed by atoms with Gasteiger partial charge in [-0.25, -0.2) is 4.79 Å². The molecule has 0 aliphatic heterocycles. The van der Waals surface area contributed by atoms with Crippen LogP contribution in [0.2, 0.25) is 0 Å². The SMILES string of the molecule is CCC(C)OCC(=O)NC1(C(=O)O)CC1. The molecule has 0 spiro atoms. The second-order valence-corrected chi connectivity index (χ2v) is 3.97. The van der Waals surface area contributed by atoms with Crippen molar-refractivity contribution in [2.24, 2.45) is 0 Å². The highest BCUT2D eigenvalue weighted by molar-refractivity contribution is 5.89. The first-order valence-corrected chi connectivity index (χ1v) is 5.16. The highest BCUT2D eigenvalue weighted by Crippen LogP contribution is 2.35. The molecule has 1 atom stereocenters. The predicted molar refractivity (Wildman–Crippen MR) is 53.4 cm³/mol. The Kier molecular flexibility index (Phi) is 3.68. The molecule has 1 rings (SSSR count). The average Bonchev–Trinajstić information content (AvgIpc) is 2.95. The molecule has 1 aliphatic carbocycles. The highest BCUT2D eigenvalue weighted by atomic mass is 16.5. The van der Waals surface area contributed by atoms with Crippen LogP contribution in [0.1, 0.15) is 33.1 Å². The summed E-state index contributed by atoms with van der Waals surface area (Å²) in [6.07, 6.45) is 1.88. The van der Waals surface area contributed by atoms with Gasteiger partial charge in [0.15, 0.2) is 0 Å². The van der Waals surface area contributed by atoms with Gasteiger partial charge < -0.3 is 15.2 Å². The number of hydrogen-bond acceptors (Lipinski definition) is 3. The number of aliphatic carboxylic acids is 1. The molecule has 1 amide bonds. The van der Waals surface area contributed by atoms with Crippen LogP contribution < -0.4 is 5.32 Å². The van der Waals surface area contributed by atoms with E-state index in [0.29, 0.717) is 12.8 Å². The molecule has 5 nitrogen and oxygen atoms in total. The van der Waals surface area contributed by atoms with Gasteiger partial charge in [-0.2, -0.15) is 0 Å². The Balaban J connectivity index is 2.28. The first-order valence-electron chi connectivity index (χ1n) is 5.16. The smallest absolute Gasteiger partial charge is 0.329 e. The van der Waals surface area contributed by atoms with Crippen LogP contribution in [-0.4, -0.2) is 35.2 Å². The van der Waals surface area contributed by atoms with Gasteiger partial charge in [-0.05, 0) is 26.2 Å². The number of nitrogens with one attached hydrogen (secondary N) is 1. The van der Waals surface area contributed by atoms with E-state index in [1.807, 2.05) is 13.8 Å². The van der Waals surface area contributed by atoms with Gasteiger partial charge in [0.2, 0.25) is 5.91 Å². The largest absolute Gasteiger partial charge is 0.480 e. The van der Waals surface area contributed by atoms with E-state index in [-0.39, 0.29) is 18.6 Å². The van der Waals surface area contributed by atoms with Crippen LogP contribution >= 0.6 is 0 Å². The van der Waals surface area contributed by atoms with Crippen molar-refractivity contribution in [2.75, 3.05) is 6.61 Å². The monoisotopic (exact) mass is 215 g/mol. The van der Waals surface area contributed by atoms with Crippen molar-refractivity contribution >= 4 is 11.9 Å². The predicted octanol–water partition coefficient (Wildman–Crippen LogP) is 0.535. The third kappa shape index (κ3) is 3.20. The molecule has 0 heterocycles. The van der Waals surface area contributed by atoms with Crippen LogP contribution in [-0.2, 0) is 14.3 Å². The van der Waals surface area contributed by atoms with E-state index in [0.717, 1.165) is 6.42 Å². The lowest BCUT2D eigenvalue weighted by Crippen LogP contribution is -2.44. The Morgan fingerprint density at radius 1 is 1.53 bits per heavy atom. The number of carboxylic acids is 1. The van der Waals surface area contributed by atoms with Crippen LogP contribution in [0, 0.1) is 0 Å². The van der Waals surface area contributed by atoms with E-state index in [1.54, 1.807) is 0 Å². The summed E-state index contributed by atoms with van der Waals surface area (Å²) in [7, 11) is 0. The maximum atomic E-state index is 11.3. The molecule has 0 bridgehead atoms. The van der Waals surface area contributed by atoms with Gasteiger partial charge in [-0.15, -0.1) is 0 Å². The molecular formula is C10H17NO4. The highest BCUT2D eigenvalue weighted by Gasteiger charge is 2.51. The van der Waals surface area contributed by atoms with Crippen molar-refractivity contribution in [1.82, 2.24) is 5.32 Å². The van der Waals surface area contributed by atoms with E-state index in [2.05, 4.69) is 5.32 Å². The Hall–Kier alpha value is -1.10. The number of hydrogen-bond donors (Lipinski definition) is 2. The van der Waals surface area contributed by atoms with Crippen LogP contribution in [0.15, 0.2) is 0 Å². The van der Waals surface area contributed by atoms with Crippen LogP contribution in [0.5, 0.6) is 0 Å². The fourth-order valence-electron chi connectivity index (χ4n) is 1.16. The van der Waals surface area contributed by atoms with Crippen molar-refractivity contribution in [3.8, 4) is 0 Å². The normalized spacial score (nSPS) is 19.3. The van der Waals surface area contributed by atoms with E-state index in [9.17, 15) is 9.59 Å².